The maximum atomic E-state index is 5.00. The van der Waals surface area contributed by atoms with Gasteiger partial charge in [0.15, 0.2) is 5.76 Å². The molecule has 3 heteroatoms. The van der Waals surface area contributed by atoms with Crippen LogP contribution in [-0.2, 0) is 4.84 Å². The van der Waals surface area contributed by atoms with Crippen molar-refractivity contribution >= 4 is 11.9 Å². The van der Waals surface area contributed by atoms with Gasteiger partial charge in [-0.05, 0) is 13.3 Å². The van der Waals surface area contributed by atoms with Gasteiger partial charge in [-0.15, -0.1) is 0 Å². The van der Waals surface area contributed by atoms with E-state index in [0.717, 1.165) is 17.9 Å². The second-order valence-corrected chi connectivity index (χ2v) is 2.48. The van der Waals surface area contributed by atoms with Gasteiger partial charge in [-0.25, -0.2) is 0 Å². The lowest BCUT2D eigenvalue weighted by Crippen LogP contribution is -2.10. The lowest BCUT2D eigenvalue weighted by atomic mass is 9.99. The fourth-order valence-electron chi connectivity index (χ4n) is 1.15. The second-order valence-electron chi connectivity index (χ2n) is 2.48. The van der Waals surface area contributed by atoms with E-state index in [1.165, 1.54) is 0 Å². The van der Waals surface area contributed by atoms with E-state index in [1.807, 2.05) is 13.1 Å². The number of allylic oxidation sites excluding steroid dienone is 1. The molecule has 0 saturated carbocycles. The van der Waals surface area contributed by atoms with E-state index in [1.54, 1.807) is 6.20 Å². The summed E-state index contributed by atoms with van der Waals surface area (Å²) < 4.78 is 0. The molecule has 2 aliphatic rings. The SMILES string of the molecule is CC1=NOC2=CN=CCC21. The van der Waals surface area contributed by atoms with Crippen molar-refractivity contribution < 1.29 is 4.84 Å². The van der Waals surface area contributed by atoms with Crippen LogP contribution in [0.4, 0.5) is 0 Å². The topological polar surface area (TPSA) is 34.0 Å². The normalized spacial score (nSPS) is 28.7. The third-order valence-corrected chi connectivity index (χ3v) is 1.79. The third kappa shape index (κ3) is 0.667. The molecule has 52 valence electrons. The van der Waals surface area contributed by atoms with Gasteiger partial charge < -0.3 is 4.84 Å². The fraction of sp³-hybridized carbons (Fsp3) is 0.429. The molecular formula is C7H8N2O. The number of aliphatic imine (C=N–C) groups is 1. The van der Waals surface area contributed by atoms with Gasteiger partial charge >= 0.3 is 0 Å². The van der Waals surface area contributed by atoms with Crippen LogP contribution in [-0.4, -0.2) is 11.9 Å². The molecule has 0 fully saturated rings. The maximum absolute atomic E-state index is 5.00. The molecule has 1 unspecified atom stereocenters. The van der Waals surface area contributed by atoms with Crippen molar-refractivity contribution in [2.24, 2.45) is 16.1 Å². The van der Waals surface area contributed by atoms with Gasteiger partial charge in [0.05, 0.1) is 17.8 Å². The molecule has 0 radical (unpaired) electrons. The molecular weight excluding hydrogens is 128 g/mol. The lowest BCUT2D eigenvalue weighted by Gasteiger charge is -2.08. The Kier molecular flexibility index (Phi) is 1.09. The highest BCUT2D eigenvalue weighted by Gasteiger charge is 2.26. The molecule has 2 rings (SSSR count). The summed E-state index contributed by atoms with van der Waals surface area (Å²) in [6.07, 6.45) is 4.55. The quantitative estimate of drug-likeness (QED) is 0.494. The van der Waals surface area contributed by atoms with E-state index in [4.69, 9.17) is 4.84 Å². The first-order valence-corrected chi connectivity index (χ1v) is 3.31. The molecule has 0 aromatic rings. The zero-order chi connectivity index (χ0) is 6.97. The first-order chi connectivity index (χ1) is 4.88. The summed E-state index contributed by atoms with van der Waals surface area (Å²) in [5, 5.41) is 3.85. The molecule has 10 heavy (non-hydrogen) atoms. The molecule has 3 nitrogen and oxygen atoms in total. The van der Waals surface area contributed by atoms with Crippen LogP contribution in [0, 0.1) is 5.92 Å². The number of rotatable bonds is 0. The van der Waals surface area contributed by atoms with Gasteiger partial charge in [-0.1, -0.05) is 5.16 Å². The smallest absolute Gasteiger partial charge is 0.162 e. The Bertz CT molecular complexity index is 240. The highest BCUT2D eigenvalue weighted by atomic mass is 16.6. The molecule has 0 N–H and O–H groups in total. The highest BCUT2D eigenvalue weighted by molar-refractivity contribution is 5.90. The van der Waals surface area contributed by atoms with Crippen LogP contribution in [0.3, 0.4) is 0 Å². The van der Waals surface area contributed by atoms with Crippen molar-refractivity contribution in [1.82, 2.24) is 0 Å². The zero-order valence-corrected chi connectivity index (χ0v) is 5.74. The van der Waals surface area contributed by atoms with Crippen LogP contribution in [0.1, 0.15) is 13.3 Å². The first kappa shape index (κ1) is 5.65. The van der Waals surface area contributed by atoms with Crippen LogP contribution in [0.2, 0.25) is 0 Å². The predicted octanol–water partition coefficient (Wildman–Crippen LogP) is 1.32. The van der Waals surface area contributed by atoms with Gasteiger partial charge in [0.25, 0.3) is 0 Å². The second kappa shape index (κ2) is 1.94. The van der Waals surface area contributed by atoms with Crippen molar-refractivity contribution in [1.29, 1.82) is 0 Å². The van der Waals surface area contributed by atoms with E-state index in [-0.39, 0.29) is 0 Å². The Morgan fingerprint density at radius 2 is 2.60 bits per heavy atom. The minimum Gasteiger partial charge on any atom is -0.359 e. The minimum atomic E-state index is 0.373. The molecule has 0 aliphatic carbocycles. The van der Waals surface area contributed by atoms with E-state index in [9.17, 15) is 0 Å². The molecule has 1 atom stereocenters. The van der Waals surface area contributed by atoms with Crippen LogP contribution in [0.5, 0.6) is 0 Å². The predicted molar refractivity (Wildman–Crippen MR) is 38.9 cm³/mol. The summed E-state index contributed by atoms with van der Waals surface area (Å²) in [5.74, 6) is 1.26. The molecule has 0 amide bonds. The minimum absolute atomic E-state index is 0.373. The summed E-state index contributed by atoms with van der Waals surface area (Å²) in [7, 11) is 0. The van der Waals surface area contributed by atoms with Crippen molar-refractivity contribution in [3.63, 3.8) is 0 Å². The van der Waals surface area contributed by atoms with Crippen molar-refractivity contribution in [2.75, 3.05) is 0 Å². The van der Waals surface area contributed by atoms with E-state index in [0.29, 0.717) is 5.92 Å². The average Bonchev–Trinajstić information content (AvgIpc) is 2.34. The van der Waals surface area contributed by atoms with Gasteiger partial charge in [0.1, 0.15) is 0 Å². The monoisotopic (exact) mass is 136 g/mol. The fourth-order valence-corrected chi connectivity index (χ4v) is 1.15. The third-order valence-electron chi connectivity index (χ3n) is 1.79. The summed E-state index contributed by atoms with van der Waals surface area (Å²) in [4.78, 5) is 8.97. The van der Waals surface area contributed by atoms with Crippen molar-refractivity contribution in [3.8, 4) is 0 Å². The average molecular weight is 136 g/mol. The van der Waals surface area contributed by atoms with E-state index < -0.39 is 0 Å². The van der Waals surface area contributed by atoms with Crippen LogP contribution < -0.4 is 0 Å². The highest BCUT2D eigenvalue weighted by Crippen LogP contribution is 2.26. The van der Waals surface area contributed by atoms with Crippen LogP contribution in [0.25, 0.3) is 0 Å². The Balaban J connectivity index is 2.30. The van der Waals surface area contributed by atoms with Gasteiger partial charge in [0.2, 0.25) is 0 Å². The van der Waals surface area contributed by atoms with E-state index >= 15 is 0 Å². The van der Waals surface area contributed by atoms with Crippen LogP contribution >= 0.6 is 0 Å². The molecule has 0 bridgehead atoms. The number of hydrogen-bond acceptors (Lipinski definition) is 3. The Morgan fingerprint density at radius 1 is 1.70 bits per heavy atom. The first-order valence-electron chi connectivity index (χ1n) is 3.31. The molecule has 0 aromatic heterocycles. The van der Waals surface area contributed by atoms with Crippen molar-refractivity contribution in [3.05, 3.63) is 12.0 Å². The molecule has 0 spiro atoms. The number of oxime groups is 1. The van der Waals surface area contributed by atoms with Gasteiger partial charge in [-0.2, -0.15) is 0 Å². The maximum Gasteiger partial charge on any atom is 0.162 e. The molecule has 0 aromatic carbocycles. The van der Waals surface area contributed by atoms with E-state index in [2.05, 4.69) is 10.1 Å². The number of fused-ring (bicyclic) bond motifs is 1. The van der Waals surface area contributed by atoms with Gasteiger partial charge in [-0.3, -0.25) is 4.99 Å². The van der Waals surface area contributed by atoms with Crippen molar-refractivity contribution in [2.45, 2.75) is 13.3 Å². The Morgan fingerprint density at radius 3 is 3.40 bits per heavy atom. The summed E-state index contributed by atoms with van der Waals surface area (Å²) in [5.41, 5.74) is 1.05. The van der Waals surface area contributed by atoms with Gasteiger partial charge in [0, 0.05) is 6.21 Å². The lowest BCUT2D eigenvalue weighted by molar-refractivity contribution is 0.230. The standard InChI is InChI=1S/C7H8N2O/c1-5-6-2-3-8-4-7(6)10-9-5/h3-4,6H,2H2,1H3. The van der Waals surface area contributed by atoms with Crippen LogP contribution in [0.15, 0.2) is 22.1 Å². The number of hydrogen-bond donors (Lipinski definition) is 0. The Hall–Kier alpha value is -1.12. The summed E-state index contributed by atoms with van der Waals surface area (Å²) >= 11 is 0. The molecule has 2 heterocycles. The summed E-state index contributed by atoms with van der Waals surface area (Å²) in [6.45, 7) is 1.98. The summed E-state index contributed by atoms with van der Waals surface area (Å²) in [6, 6.07) is 0. The zero-order valence-electron chi connectivity index (χ0n) is 5.74. The largest absolute Gasteiger partial charge is 0.359 e. The molecule has 0 saturated heterocycles. The molecule has 2 aliphatic heterocycles. The Labute approximate surface area is 59.1 Å². The number of nitrogens with zero attached hydrogens (tertiary/aromatic N) is 2.